The maximum Gasteiger partial charge on any atom is 0.375 e. The SMILES string of the molecule is C[C@@H](OC(=O)c1ccc(-c2cc(Cl)ccc2Cl)o1)C(=O)N1CCNC1=O. The van der Waals surface area contributed by atoms with Gasteiger partial charge in [-0.3, -0.25) is 9.69 Å². The maximum absolute atomic E-state index is 12.2. The Balaban J connectivity index is 1.71. The highest BCUT2D eigenvalue weighted by Gasteiger charge is 2.32. The molecule has 136 valence electrons. The summed E-state index contributed by atoms with van der Waals surface area (Å²) in [6, 6.07) is 7.31. The molecule has 7 nitrogen and oxygen atoms in total. The summed E-state index contributed by atoms with van der Waals surface area (Å²) in [5.41, 5.74) is 0.524. The second kappa shape index (κ2) is 7.39. The second-order valence-electron chi connectivity index (χ2n) is 5.56. The van der Waals surface area contributed by atoms with Crippen LogP contribution in [0.1, 0.15) is 17.5 Å². The molecule has 2 aromatic rings. The number of halogens is 2. The van der Waals surface area contributed by atoms with Gasteiger partial charge in [0.1, 0.15) is 5.76 Å². The molecule has 1 atom stereocenters. The standard InChI is InChI=1S/C17H14Cl2N2O5/c1-9(15(22)21-7-6-20-17(21)24)25-16(23)14-5-4-13(26-14)11-8-10(18)2-3-12(11)19/h2-5,8-9H,6-7H2,1H3,(H,20,24)/t9-/m1/s1. The van der Waals surface area contributed by atoms with Crippen LogP contribution in [0.25, 0.3) is 11.3 Å². The highest BCUT2D eigenvalue weighted by Crippen LogP contribution is 2.32. The molecule has 1 N–H and O–H groups in total. The molecule has 1 aromatic carbocycles. The molecule has 26 heavy (non-hydrogen) atoms. The van der Waals surface area contributed by atoms with E-state index in [1.165, 1.54) is 13.0 Å². The number of ether oxygens (including phenoxy) is 1. The lowest BCUT2D eigenvalue weighted by molar-refractivity contribution is -0.136. The first kappa shape index (κ1) is 18.3. The number of benzene rings is 1. The number of hydrogen-bond acceptors (Lipinski definition) is 5. The Morgan fingerprint density at radius 3 is 2.73 bits per heavy atom. The summed E-state index contributed by atoms with van der Waals surface area (Å²) in [6.45, 7) is 1.99. The van der Waals surface area contributed by atoms with Crippen LogP contribution in [0.4, 0.5) is 4.79 Å². The van der Waals surface area contributed by atoms with Crippen molar-refractivity contribution in [3.05, 3.63) is 46.1 Å². The number of nitrogens with zero attached hydrogens (tertiary/aromatic N) is 1. The number of carbonyl (C=O) groups is 3. The highest BCUT2D eigenvalue weighted by atomic mass is 35.5. The van der Waals surface area contributed by atoms with Gasteiger partial charge in [0.25, 0.3) is 5.91 Å². The minimum Gasteiger partial charge on any atom is -0.449 e. The van der Waals surface area contributed by atoms with E-state index >= 15 is 0 Å². The number of esters is 1. The van der Waals surface area contributed by atoms with Crippen molar-refractivity contribution < 1.29 is 23.5 Å². The van der Waals surface area contributed by atoms with Gasteiger partial charge in [0.2, 0.25) is 5.76 Å². The molecule has 3 rings (SSSR count). The van der Waals surface area contributed by atoms with Crippen molar-refractivity contribution in [2.24, 2.45) is 0 Å². The first-order chi connectivity index (χ1) is 12.4. The number of imide groups is 1. The molecule has 3 amide bonds. The molecule has 1 aliphatic rings. The van der Waals surface area contributed by atoms with E-state index in [0.29, 0.717) is 27.9 Å². The monoisotopic (exact) mass is 396 g/mol. The van der Waals surface area contributed by atoms with Crippen LogP contribution >= 0.6 is 23.2 Å². The Morgan fingerprint density at radius 2 is 2.04 bits per heavy atom. The lowest BCUT2D eigenvalue weighted by Gasteiger charge is -2.17. The number of carbonyl (C=O) groups excluding carboxylic acids is 3. The number of nitrogens with one attached hydrogen (secondary N) is 1. The lowest BCUT2D eigenvalue weighted by atomic mass is 10.2. The average Bonchev–Trinajstić information content (AvgIpc) is 3.25. The molecule has 1 aliphatic heterocycles. The van der Waals surface area contributed by atoms with Crippen LogP contribution in [0.15, 0.2) is 34.7 Å². The first-order valence-electron chi connectivity index (χ1n) is 7.72. The van der Waals surface area contributed by atoms with E-state index < -0.39 is 24.0 Å². The number of furan rings is 1. The van der Waals surface area contributed by atoms with Crippen molar-refractivity contribution in [3.63, 3.8) is 0 Å². The highest BCUT2D eigenvalue weighted by molar-refractivity contribution is 6.35. The van der Waals surface area contributed by atoms with Gasteiger partial charge >= 0.3 is 12.0 Å². The molecule has 0 radical (unpaired) electrons. The summed E-state index contributed by atoms with van der Waals surface area (Å²) in [5.74, 6) is -1.18. The van der Waals surface area contributed by atoms with E-state index in [2.05, 4.69) is 5.32 Å². The average molecular weight is 397 g/mol. The third-order valence-electron chi connectivity index (χ3n) is 3.76. The molecular formula is C17H14Cl2N2O5. The summed E-state index contributed by atoms with van der Waals surface area (Å²) >= 11 is 12.1. The number of amides is 3. The minimum atomic E-state index is -1.13. The van der Waals surface area contributed by atoms with Gasteiger partial charge in [-0.05, 0) is 37.3 Å². The zero-order valence-electron chi connectivity index (χ0n) is 13.6. The van der Waals surface area contributed by atoms with Crippen molar-refractivity contribution in [1.29, 1.82) is 0 Å². The quantitative estimate of drug-likeness (QED) is 0.800. The fourth-order valence-electron chi connectivity index (χ4n) is 2.45. The van der Waals surface area contributed by atoms with Gasteiger partial charge < -0.3 is 14.5 Å². The Morgan fingerprint density at radius 1 is 1.27 bits per heavy atom. The van der Waals surface area contributed by atoms with Crippen LogP contribution in [0.5, 0.6) is 0 Å². The van der Waals surface area contributed by atoms with E-state index in [4.69, 9.17) is 32.4 Å². The Kier molecular flexibility index (Phi) is 5.20. The van der Waals surface area contributed by atoms with Gasteiger partial charge in [-0.2, -0.15) is 0 Å². The third-order valence-corrected chi connectivity index (χ3v) is 4.32. The number of urea groups is 1. The summed E-state index contributed by atoms with van der Waals surface area (Å²) in [7, 11) is 0. The summed E-state index contributed by atoms with van der Waals surface area (Å²) in [5, 5.41) is 3.38. The van der Waals surface area contributed by atoms with Gasteiger partial charge in [0.15, 0.2) is 6.10 Å². The molecule has 1 saturated heterocycles. The molecule has 1 aromatic heterocycles. The van der Waals surface area contributed by atoms with Gasteiger partial charge in [0, 0.05) is 23.7 Å². The van der Waals surface area contributed by atoms with Crippen molar-refractivity contribution in [2.75, 3.05) is 13.1 Å². The van der Waals surface area contributed by atoms with Crippen molar-refractivity contribution in [3.8, 4) is 11.3 Å². The van der Waals surface area contributed by atoms with E-state index in [1.54, 1.807) is 24.3 Å². The van der Waals surface area contributed by atoms with E-state index in [1.807, 2.05) is 0 Å². The zero-order chi connectivity index (χ0) is 18.8. The Hall–Kier alpha value is -2.51. The Labute approximate surface area is 158 Å². The summed E-state index contributed by atoms with van der Waals surface area (Å²) < 4.78 is 10.6. The van der Waals surface area contributed by atoms with Crippen molar-refractivity contribution in [2.45, 2.75) is 13.0 Å². The molecule has 0 bridgehead atoms. The van der Waals surface area contributed by atoms with Crippen LogP contribution in [0.2, 0.25) is 10.0 Å². The van der Waals surface area contributed by atoms with Gasteiger partial charge in [-0.1, -0.05) is 23.2 Å². The van der Waals surface area contributed by atoms with Gasteiger partial charge in [0.05, 0.1) is 5.02 Å². The van der Waals surface area contributed by atoms with Gasteiger partial charge in [-0.25, -0.2) is 9.59 Å². The van der Waals surface area contributed by atoms with Crippen molar-refractivity contribution >= 4 is 41.1 Å². The fourth-order valence-corrected chi connectivity index (χ4v) is 2.83. The zero-order valence-corrected chi connectivity index (χ0v) is 15.1. The minimum absolute atomic E-state index is 0.0958. The largest absolute Gasteiger partial charge is 0.449 e. The van der Waals surface area contributed by atoms with E-state index in [-0.39, 0.29) is 12.3 Å². The van der Waals surface area contributed by atoms with E-state index in [9.17, 15) is 14.4 Å². The molecule has 0 unspecified atom stereocenters. The van der Waals surface area contributed by atoms with Crippen LogP contribution in [-0.2, 0) is 9.53 Å². The molecule has 0 saturated carbocycles. The molecule has 9 heteroatoms. The maximum atomic E-state index is 12.2. The first-order valence-corrected chi connectivity index (χ1v) is 8.48. The number of rotatable bonds is 4. The predicted octanol–water partition coefficient (Wildman–Crippen LogP) is 3.35. The third kappa shape index (κ3) is 3.68. The van der Waals surface area contributed by atoms with Crippen LogP contribution < -0.4 is 5.32 Å². The summed E-state index contributed by atoms with van der Waals surface area (Å²) in [6.07, 6.45) is -1.13. The van der Waals surface area contributed by atoms with Crippen LogP contribution in [-0.4, -0.2) is 42.0 Å². The topological polar surface area (TPSA) is 88.8 Å². The van der Waals surface area contributed by atoms with Gasteiger partial charge in [-0.15, -0.1) is 0 Å². The normalized spacial score (nSPS) is 14.9. The second-order valence-corrected chi connectivity index (χ2v) is 6.40. The molecule has 1 fully saturated rings. The summed E-state index contributed by atoms with van der Waals surface area (Å²) in [4.78, 5) is 36.9. The van der Waals surface area contributed by atoms with Crippen molar-refractivity contribution in [1.82, 2.24) is 10.2 Å². The molecule has 2 heterocycles. The molecular weight excluding hydrogens is 383 g/mol. The lowest BCUT2D eigenvalue weighted by Crippen LogP contribution is -2.41. The van der Waals surface area contributed by atoms with Crippen LogP contribution in [0, 0.1) is 0 Å². The number of hydrogen-bond donors (Lipinski definition) is 1. The van der Waals surface area contributed by atoms with E-state index in [0.717, 1.165) is 4.90 Å². The predicted molar refractivity (Wildman–Crippen MR) is 94.2 cm³/mol. The Bertz CT molecular complexity index is 880. The molecule has 0 aliphatic carbocycles. The van der Waals surface area contributed by atoms with Crippen LogP contribution in [0.3, 0.4) is 0 Å². The smallest absolute Gasteiger partial charge is 0.375 e. The fraction of sp³-hybridized carbons (Fsp3) is 0.235. The molecule has 0 spiro atoms.